The summed E-state index contributed by atoms with van der Waals surface area (Å²) in [4.78, 5) is 0.589. The maximum absolute atomic E-state index is 13.2. The van der Waals surface area contributed by atoms with Gasteiger partial charge in [-0.15, -0.1) is 0 Å². The lowest BCUT2D eigenvalue weighted by Crippen LogP contribution is -2.12. The lowest BCUT2D eigenvalue weighted by Gasteiger charge is -2.10. The molecule has 1 N–H and O–H groups in total. The van der Waals surface area contributed by atoms with Crippen molar-refractivity contribution in [2.75, 3.05) is 0 Å². The molecule has 3 atom stereocenters. The highest BCUT2D eigenvalue weighted by atomic mass is 32.2. The van der Waals surface area contributed by atoms with Gasteiger partial charge in [-0.25, -0.2) is 8.42 Å². The first-order valence-electron chi connectivity index (χ1n) is 7.56. The summed E-state index contributed by atoms with van der Waals surface area (Å²) in [5.74, 6) is 0. The summed E-state index contributed by atoms with van der Waals surface area (Å²) in [6, 6.07) is 15.9. The van der Waals surface area contributed by atoms with Crippen LogP contribution in [0.25, 0.3) is 4.91 Å². The van der Waals surface area contributed by atoms with Gasteiger partial charge in [-0.3, -0.25) is 0 Å². The lowest BCUT2D eigenvalue weighted by atomic mass is 9.97. The quantitative estimate of drug-likeness (QED) is 0.860. The van der Waals surface area contributed by atoms with Crippen LogP contribution in [0.2, 0.25) is 0 Å². The highest BCUT2D eigenvalue weighted by Crippen LogP contribution is 2.67. The number of benzene rings is 2. The third-order valence-corrected chi connectivity index (χ3v) is 6.93. The van der Waals surface area contributed by atoms with Crippen molar-refractivity contribution < 1.29 is 18.3 Å². The van der Waals surface area contributed by atoms with E-state index in [1.165, 1.54) is 0 Å². The molecule has 23 heavy (non-hydrogen) atoms. The van der Waals surface area contributed by atoms with Crippen molar-refractivity contribution in [1.29, 1.82) is 0 Å². The Labute approximate surface area is 134 Å². The van der Waals surface area contributed by atoms with E-state index >= 15 is 0 Å². The topological polar surface area (TPSA) is 66.9 Å². The van der Waals surface area contributed by atoms with Crippen molar-refractivity contribution in [3.63, 3.8) is 0 Å². The van der Waals surface area contributed by atoms with Crippen LogP contribution in [0, 0.1) is 0 Å². The standard InChI is InChI=1S/C18H14O4S/c19-15-10-14-16(23(20,21)11-6-2-1-3-7-11)12-8-4-5-9-13(12)18(14)17(15)22-18/h1-9,15,17,19H,10H2/t15-,17-,18+/m0/s1. The minimum Gasteiger partial charge on any atom is -0.390 e. The van der Waals surface area contributed by atoms with Gasteiger partial charge in [0, 0.05) is 12.0 Å². The molecule has 0 bridgehead atoms. The van der Waals surface area contributed by atoms with Crippen molar-refractivity contribution in [2.24, 2.45) is 0 Å². The monoisotopic (exact) mass is 326 g/mol. The van der Waals surface area contributed by atoms with Gasteiger partial charge in [-0.2, -0.15) is 0 Å². The Morgan fingerprint density at radius 1 is 1.04 bits per heavy atom. The fourth-order valence-corrected chi connectivity index (χ4v) is 5.84. The van der Waals surface area contributed by atoms with Gasteiger partial charge >= 0.3 is 0 Å². The molecule has 3 aliphatic rings. The highest BCUT2D eigenvalue weighted by Gasteiger charge is 2.72. The Hall–Kier alpha value is -1.95. The molecule has 2 aromatic carbocycles. The maximum Gasteiger partial charge on any atom is 0.207 e. The number of aliphatic hydroxyl groups excluding tert-OH is 1. The van der Waals surface area contributed by atoms with Crippen molar-refractivity contribution in [2.45, 2.75) is 29.1 Å². The SMILES string of the molecule is O=S(=O)(C1=C2C[C@H](O)[C@@H]3O[C@]23c2ccccc21)c1ccccc1. The molecule has 1 spiro atoms. The number of ether oxygens (including phenoxy) is 1. The summed E-state index contributed by atoms with van der Waals surface area (Å²) in [5.41, 5.74) is 1.57. The molecule has 1 heterocycles. The Kier molecular flexibility index (Phi) is 2.41. The van der Waals surface area contributed by atoms with Gasteiger partial charge in [0.25, 0.3) is 0 Å². The van der Waals surface area contributed by atoms with Gasteiger partial charge in [-0.05, 0) is 23.3 Å². The summed E-state index contributed by atoms with van der Waals surface area (Å²) >= 11 is 0. The van der Waals surface area contributed by atoms with Crippen LogP contribution in [0.5, 0.6) is 0 Å². The average molecular weight is 326 g/mol. The van der Waals surface area contributed by atoms with Gasteiger partial charge in [0.15, 0.2) is 0 Å². The van der Waals surface area contributed by atoms with E-state index in [9.17, 15) is 13.5 Å². The summed E-state index contributed by atoms with van der Waals surface area (Å²) < 4.78 is 32.2. The third kappa shape index (κ3) is 1.50. The lowest BCUT2D eigenvalue weighted by molar-refractivity contribution is 0.128. The molecule has 0 aromatic heterocycles. The first kappa shape index (κ1) is 13.5. The summed E-state index contributed by atoms with van der Waals surface area (Å²) in [5, 5.41) is 10.2. The predicted octanol–water partition coefficient (Wildman–Crippen LogP) is 2.24. The van der Waals surface area contributed by atoms with Gasteiger partial charge in [0.05, 0.1) is 15.9 Å². The molecule has 116 valence electrons. The van der Waals surface area contributed by atoms with Crippen LogP contribution in [-0.2, 0) is 20.2 Å². The fourth-order valence-electron chi connectivity index (χ4n) is 4.06. The minimum absolute atomic E-state index is 0.271. The number of sulfone groups is 1. The number of epoxide rings is 1. The van der Waals surface area contributed by atoms with E-state index in [0.717, 1.165) is 5.56 Å². The fraction of sp³-hybridized carbons (Fsp3) is 0.222. The summed E-state index contributed by atoms with van der Waals surface area (Å²) in [6.45, 7) is 0. The predicted molar refractivity (Wildman–Crippen MR) is 84.2 cm³/mol. The molecule has 1 saturated heterocycles. The first-order chi connectivity index (χ1) is 11.1. The van der Waals surface area contributed by atoms with Crippen LogP contribution < -0.4 is 0 Å². The normalized spacial score (nSPS) is 30.8. The second kappa shape index (κ2) is 4.12. The van der Waals surface area contributed by atoms with E-state index in [0.29, 0.717) is 22.5 Å². The van der Waals surface area contributed by atoms with Gasteiger partial charge in [0.2, 0.25) is 9.84 Å². The molecule has 5 heteroatoms. The second-order valence-electron chi connectivity index (χ2n) is 6.22. The van der Waals surface area contributed by atoms with E-state index in [4.69, 9.17) is 4.74 Å². The second-order valence-corrected chi connectivity index (χ2v) is 8.10. The summed E-state index contributed by atoms with van der Waals surface area (Å²) in [6.07, 6.45) is -0.609. The zero-order valence-electron chi connectivity index (χ0n) is 12.1. The van der Waals surface area contributed by atoms with Crippen molar-refractivity contribution in [1.82, 2.24) is 0 Å². The Balaban J connectivity index is 1.81. The van der Waals surface area contributed by atoms with E-state index in [1.807, 2.05) is 24.3 Å². The van der Waals surface area contributed by atoms with E-state index in [1.54, 1.807) is 30.3 Å². The van der Waals surface area contributed by atoms with Gasteiger partial charge in [0.1, 0.15) is 11.7 Å². The number of rotatable bonds is 2. The van der Waals surface area contributed by atoms with Crippen molar-refractivity contribution in [3.05, 3.63) is 71.3 Å². The Bertz CT molecular complexity index is 962. The van der Waals surface area contributed by atoms with Crippen molar-refractivity contribution >= 4 is 14.7 Å². The van der Waals surface area contributed by atoms with Crippen LogP contribution in [0.4, 0.5) is 0 Å². The van der Waals surface area contributed by atoms with Crippen LogP contribution >= 0.6 is 0 Å². The summed E-state index contributed by atoms with van der Waals surface area (Å²) in [7, 11) is -3.65. The molecular formula is C18H14O4S. The van der Waals surface area contributed by atoms with Crippen LogP contribution in [-0.4, -0.2) is 25.7 Å². The maximum atomic E-state index is 13.2. The number of aliphatic hydroxyl groups is 1. The molecule has 0 amide bonds. The number of fused-ring (bicyclic) bond motifs is 1. The van der Waals surface area contributed by atoms with Crippen molar-refractivity contribution in [3.8, 4) is 0 Å². The minimum atomic E-state index is -3.65. The van der Waals surface area contributed by atoms with Crippen LogP contribution in [0.15, 0.2) is 65.1 Å². The molecule has 1 aliphatic heterocycles. The number of hydrogen-bond donors (Lipinski definition) is 1. The van der Waals surface area contributed by atoms with Crippen LogP contribution in [0.1, 0.15) is 17.5 Å². The molecule has 4 nitrogen and oxygen atoms in total. The third-order valence-electron chi connectivity index (χ3n) is 5.04. The molecular weight excluding hydrogens is 312 g/mol. The van der Waals surface area contributed by atoms with Crippen LogP contribution in [0.3, 0.4) is 0 Å². The average Bonchev–Trinajstić information content (AvgIpc) is 3.16. The molecule has 2 aliphatic carbocycles. The highest BCUT2D eigenvalue weighted by molar-refractivity contribution is 8.00. The number of hydrogen-bond acceptors (Lipinski definition) is 4. The molecule has 2 aromatic rings. The zero-order chi connectivity index (χ0) is 15.8. The molecule has 5 rings (SSSR count). The smallest absolute Gasteiger partial charge is 0.207 e. The van der Waals surface area contributed by atoms with E-state index in [-0.39, 0.29) is 11.0 Å². The largest absolute Gasteiger partial charge is 0.390 e. The van der Waals surface area contributed by atoms with Gasteiger partial charge < -0.3 is 9.84 Å². The zero-order valence-corrected chi connectivity index (χ0v) is 13.0. The van der Waals surface area contributed by atoms with E-state index < -0.39 is 21.5 Å². The molecule has 0 radical (unpaired) electrons. The first-order valence-corrected chi connectivity index (χ1v) is 9.04. The van der Waals surface area contributed by atoms with Gasteiger partial charge in [-0.1, -0.05) is 42.5 Å². The Morgan fingerprint density at radius 2 is 1.74 bits per heavy atom. The molecule has 2 fully saturated rings. The molecule has 1 saturated carbocycles. The molecule has 0 unspecified atom stereocenters. The van der Waals surface area contributed by atoms with E-state index in [2.05, 4.69) is 0 Å². The Morgan fingerprint density at radius 3 is 2.48 bits per heavy atom.